The highest BCUT2D eigenvalue weighted by molar-refractivity contribution is 6.21. The molecule has 2 nitrogen and oxygen atoms in total. The Morgan fingerprint density at radius 1 is 0.372 bits per heavy atom. The Kier molecular flexibility index (Phi) is 6.05. The number of hydrogen-bond acceptors (Lipinski definition) is 2. The van der Waals surface area contributed by atoms with Crippen LogP contribution in [0.1, 0.15) is 5.56 Å². The SMILES string of the molecule is Cc1cccc(-c2c3ccccc3c(-c3ccc4cc(-c5cncc(-c6cccnc6)c5)ccc4c3)c3ccccc23)c1. The van der Waals surface area contributed by atoms with E-state index in [-0.39, 0.29) is 0 Å². The average Bonchev–Trinajstić information content (AvgIpc) is 3.07. The van der Waals surface area contributed by atoms with Crippen molar-refractivity contribution in [1.29, 1.82) is 0 Å². The molecular formula is C41H28N2. The summed E-state index contributed by atoms with van der Waals surface area (Å²) in [5, 5.41) is 7.52. The molecule has 0 spiro atoms. The zero-order chi connectivity index (χ0) is 28.8. The molecule has 0 radical (unpaired) electrons. The highest BCUT2D eigenvalue weighted by Gasteiger charge is 2.17. The first-order valence-electron chi connectivity index (χ1n) is 14.6. The van der Waals surface area contributed by atoms with Crippen molar-refractivity contribution in [1.82, 2.24) is 9.97 Å². The fourth-order valence-corrected chi connectivity index (χ4v) is 6.42. The van der Waals surface area contributed by atoms with Crippen molar-refractivity contribution in [2.24, 2.45) is 0 Å². The maximum absolute atomic E-state index is 4.54. The van der Waals surface area contributed by atoms with Gasteiger partial charge in [-0.3, -0.25) is 9.97 Å². The molecule has 0 amide bonds. The van der Waals surface area contributed by atoms with Gasteiger partial charge in [0, 0.05) is 41.5 Å². The molecule has 0 fully saturated rings. The minimum Gasteiger partial charge on any atom is -0.264 e. The van der Waals surface area contributed by atoms with Crippen molar-refractivity contribution in [3.8, 4) is 44.5 Å². The maximum Gasteiger partial charge on any atom is 0.0347 e. The van der Waals surface area contributed by atoms with Crippen LogP contribution in [0.15, 0.2) is 152 Å². The Balaban J connectivity index is 1.28. The lowest BCUT2D eigenvalue weighted by atomic mass is 9.85. The molecule has 0 saturated heterocycles. The van der Waals surface area contributed by atoms with Gasteiger partial charge in [-0.2, -0.15) is 0 Å². The zero-order valence-corrected chi connectivity index (χ0v) is 23.8. The van der Waals surface area contributed by atoms with Gasteiger partial charge in [0.2, 0.25) is 0 Å². The Bertz CT molecular complexity index is 2240. The molecule has 0 saturated carbocycles. The summed E-state index contributed by atoms with van der Waals surface area (Å²) in [6.07, 6.45) is 7.50. The van der Waals surface area contributed by atoms with E-state index in [1.807, 2.05) is 24.7 Å². The molecule has 2 heteroatoms. The molecule has 2 heterocycles. The molecule has 0 atom stereocenters. The third kappa shape index (κ3) is 4.45. The van der Waals surface area contributed by atoms with E-state index < -0.39 is 0 Å². The summed E-state index contributed by atoms with van der Waals surface area (Å²) in [6, 6.07) is 46.3. The van der Waals surface area contributed by atoms with Crippen LogP contribution in [0.4, 0.5) is 0 Å². The lowest BCUT2D eigenvalue weighted by Gasteiger charge is -2.18. The molecule has 8 rings (SSSR count). The summed E-state index contributed by atoms with van der Waals surface area (Å²) in [5.74, 6) is 0. The van der Waals surface area contributed by atoms with Gasteiger partial charge in [-0.25, -0.2) is 0 Å². The molecule has 0 aliphatic heterocycles. The Morgan fingerprint density at radius 3 is 1.51 bits per heavy atom. The standard InChI is InChI=1S/C41H28N2/c1-27-8-6-9-31(20-27)40-36-11-2-4-13-38(36)41(39-14-5-3-12-37(39)40)32-18-17-28-21-30(16-15-29(28)22-32)34-23-35(26-43-25-34)33-10-7-19-42-24-33/h2-26H,1H3. The van der Waals surface area contributed by atoms with Crippen LogP contribution < -0.4 is 0 Å². The largest absolute Gasteiger partial charge is 0.264 e. The molecule has 2 aromatic heterocycles. The normalized spacial score (nSPS) is 11.4. The molecule has 0 bridgehead atoms. The van der Waals surface area contributed by atoms with Crippen molar-refractivity contribution in [2.45, 2.75) is 6.92 Å². The Morgan fingerprint density at radius 2 is 0.907 bits per heavy atom. The van der Waals surface area contributed by atoms with Crippen LogP contribution in [-0.2, 0) is 0 Å². The van der Waals surface area contributed by atoms with Crippen LogP contribution in [-0.4, -0.2) is 9.97 Å². The molecule has 0 N–H and O–H groups in total. The molecule has 0 aliphatic rings. The van der Waals surface area contributed by atoms with Crippen molar-refractivity contribution in [3.05, 3.63) is 158 Å². The number of fused-ring (bicyclic) bond motifs is 3. The number of pyridine rings is 2. The summed E-state index contributed by atoms with van der Waals surface area (Å²) in [5.41, 5.74) is 10.7. The average molecular weight is 549 g/mol. The zero-order valence-electron chi connectivity index (χ0n) is 23.8. The minimum absolute atomic E-state index is 1.06. The van der Waals surface area contributed by atoms with Gasteiger partial charge in [-0.15, -0.1) is 0 Å². The van der Waals surface area contributed by atoms with Gasteiger partial charge in [-0.1, -0.05) is 109 Å². The summed E-state index contributed by atoms with van der Waals surface area (Å²) in [4.78, 5) is 8.81. The van der Waals surface area contributed by atoms with E-state index in [1.54, 1.807) is 6.20 Å². The Labute approximate surface area is 251 Å². The predicted octanol–water partition coefficient (Wildman–Crippen LogP) is 10.9. The Hall–Kier alpha value is -5.60. The highest BCUT2D eigenvalue weighted by atomic mass is 14.6. The minimum atomic E-state index is 1.06. The molecule has 43 heavy (non-hydrogen) atoms. The monoisotopic (exact) mass is 548 g/mol. The lowest BCUT2D eigenvalue weighted by Crippen LogP contribution is -1.91. The highest BCUT2D eigenvalue weighted by Crippen LogP contribution is 2.44. The van der Waals surface area contributed by atoms with E-state index >= 15 is 0 Å². The van der Waals surface area contributed by atoms with E-state index in [1.165, 1.54) is 60.1 Å². The van der Waals surface area contributed by atoms with Crippen LogP contribution in [0.2, 0.25) is 0 Å². The fourth-order valence-electron chi connectivity index (χ4n) is 6.42. The van der Waals surface area contributed by atoms with Crippen LogP contribution in [0.25, 0.3) is 76.8 Å². The van der Waals surface area contributed by atoms with Crippen molar-refractivity contribution >= 4 is 32.3 Å². The van der Waals surface area contributed by atoms with E-state index in [2.05, 4.69) is 138 Å². The smallest absolute Gasteiger partial charge is 0.0347 e. The third-order valence-electron chi connectivity index (χ3n) is 8.43. The number of nitrogens with zero attached hydrogens (tertiary/aromatic N) is 2. The van der Waals surface area contributed by atoms with E-state index in [0.29, 0.717) is 0 Å². The first kappa shape index (κ1) is 25.1. The molecule has 6 aromatic carbocycles. The molecule has 0 unspecified atom stereocenters. The van der Waals surface area contributed by atoms with Gasteiger partial charge in [-0.05, 0) is 91.3 Å². The van der Waals surface area contributed by atoms with Gasteiger partial charge in [0.15, 0.2) is 0 Å². The predicted molar refractivity (Wildman–Crippen MR) is 181 cm³/mol. The third-order valence-corrected chi connectivity index (χ3v) is 8.43. The van der Waals surface area contributed by atoms with Gasteiger partial charge in [0.05, 0.1) is 0 Å². The topological polar surface area (TPSA) is 25.8 Å². The first-order chi connectivity index (χ1) is 21.2. The van der Waals surface area contributed by atoms with E-state index in [9.17, 15) is 0 Å². The quantitative estimate of drug-likeness (QED) is 0.204. The van der Waals surface area contributed by atoms with Crippen LogP contribution in [0.3, 0.4) is 0 Å². The molecule has 0 aliphatic carbocycles. The summed E-state index contributed by atoms with van der Waals surface area (Å²) in [6.45, 7) is 2.16. The summed E-state index contributed by atoms with van der Waals surface area (Å²) in [7, 11) is 0. The summed E-state index contributed by atoms with van der Waals surface area (Å²) >= 11 is 0. The lowest BCUT2D eigenvalue weighted by molar-refractivity contribution is 1.30. The van der Waals surface area contributed by atoms with Gasteiger partial charge in [0.1, 0.15) is 0 Å². The second-order valence-electron chi connectivity index (χ2n) is 11.2. The second kappa shape index (κ2) is 10.3. The number of benzene rings is 6. The fraction of sp³-hybridized carbons (Fsp3) is 0.0244. The number of hydrogen-bond donors (Lipinski definition) is 0. The van der Waals surface area contributed by atoms with Gasteiger partial charge < -0.3 is 0 Å². The molecule has 8 aromatic rings. The first-order valence-corrected chi connectivity index (χ1v) is 14.6. The van der Waals surface area contributed by atoms with Gasteiger partial charge in [0.25, 0.3) is 0 Å². The van der Waals surface area contributed by atoms with Crippen molar-refractivity contribution in [2.75, 3.05) is 0 Å². The van der Waals surface area contributed by atoms with Crippen molar-refractivity contribution < 1.29 is 0 Å². The second-order valence-corrected chi connectivity index (χ2v) is 11.2. The van der Waals surface area contributed by atoms with E-state index in [4.69, 9.17) is 0 Å². The van der Waals surface area contributed by atoms with E-state index in [0.717, 1.165) is 22.3 Å². The summed E-state index contributed by atoms with van der Waals surface area (Å²) < 4.78 is 0. The van der Waals surface area contributed by atoms with Crippen LogP contribution in [0, 0.1) is 6.92 Å². The van der Waals surface area contributed by atoms with Gasteiger partial charge >= 0.3 is 0 Å². The van der Waals surface area contributed by atoms with Crippen LogP contribution >= 0.6 is 0 Å². The van der Waals surface area contributed by atoms with Crippen molar-refractivity contribution in [3.63, 3.8) is 0 Å². The molecule has 202 valence electrons. The number of aromatic nitrogens is 2. The number of aryl methyl sites for hydroxylation is 1. The maximum atomic E-state index is 4.54. The van der Waals surface area contributed by atoms with Crippen LogP contribution in [0.5, 0.6) is 0 Å². The molecular weight excluding hydrogens is 520 g/mol. The number of rotatable bonds is 4.